The van der Waals surface area contributed by atoms with Crippen molar-refractivity contribution < 1.29 is 14.3 Å². The molecule has 0 bridgehead atoms. The summed E-state index contributed by atoms with van der Waals surface area (Å²) < 4.78 is 10.6. The van der Waals surface area contributed by atoms with Gasteiger partial charge in [0.05, 0.1) is 18.9 Å². The molecule has 0 saturated carbocycles. The third-order valence-corrected chi connectivity index (χ3v) is 2.93. The van der Waals surface area contributed by atoms with Gasteiger partial charge in [-0.3, -0.25) is 4.79 Å². The first-order valence-corrected chi connectivity index (χ1v) is 7.40. The second-order valence-electron chi connectivity index (χ2n) is 4.48. The lowest BCUT2D eigenvalue weighted by Gasteiger charge is -2.10. The van der Waals surface area contributed by atoms with E-state index in [9.17, 15) is 4.79 Å². The average molecular weight is 310 g/mol. The number of carbonyl (C=O) groups is 1. The minimum Gasteiger partial charge on any atom is -0.389 e. The molecule has 1 aromatic rings. The van der Waals surface area contributed by atoms with Gasteiger partial charge >= 0.3 is 0 Å². The van der Waals surface area contributed by atoms with Gasteiger partial charge < -0.3 is 20.5 Å². The Bertz CT molecular complexity index is 466. The molecule has 0 unspecified atom stereocenters. The van der Waals surface area contributed by atoms with Gasteiger partial charge in [0.2, 0.25) is 5.91 Å². The summed E-state index contributed by atoms with van der Waals surface area (Å²) in [5, 5.41) is 2.73. The number of ether oxygens (including phenoxy) is 2. The van der Waals surface area contributed by atoms with Crippen LogP contribution in [0.4, 0.5) is 5.69 Å². The Kier molecular flexibility index (Phi) is 8.57. The van der Waals surface area contributed by atoms with E-state index in [-0.39, 0.29) is 17.5 Å². The number of nitrogens with two attached hydrogens (primary N) is 1. The quantitative estimate of drug-likeness (QED) is 0.511. The Morgan fingerprint density at radius 2 is 1.95 bits per heavy atom. The Hall–Kier alpha value is -1.50. The highest BCUT2D eigenvalue weighted by molar-refractivity contribution is 7.80. The molecular formula is C15H22N2O3S. The maximum atomic E-state index is 11.8. The van der Waals surface area contributed by atoms with E-state index in [0.717, 1.165) is 19.4 Å². The second-order valence-corrected chi connectivity index (χ2v) is 4.92. The molecule has 0 aliphatic heterocycles. The first-order chi connectivity index (χ1) is 10.1. The highest BCUT2D eigenvalue weighted by atomic mass is 32.1. The van der Waals surface area contributed by atoms with E-state index in [2.05, 4.69) is 12.2 Å². The van der Waals surface area contributed by atoms with Crippen LogP contribution in [0.3, 0.4) is 0 Å². The minimum atomic E-state index is -0.243. The van der Waals surface area contributed by atoms with Crippen molar-refractivity contribution in [2.24, 2.45) is 5.73 Å². The molecule has 0 fully saturated rings. The smallest absolute Gasteiger partial charge is 0.250 e. The van der Waals surface area contributed by atoms with E-state index in [4.69, 9.17) is 27.4 Å². The fourth-order valence-corrected chi connectivity index (χ4v) is 1.80. The number of anilines is 1. The molecule has 1 amide bonds. The summed E-state index contributed by atoms with van der Waals surface area (Å²) in [5.41, 5.74) is 6.84. The van der Waals surface area contributed by atoms with Crippen LogP contribution >= 0.6 is 12.2 Å². The van der Waals surface area contributed by atoms with Gasteiger partial charge in [-0.2, -0.15) is 0 Å². The van der Waals surface area contributed by atoms with Crippen molar-refractivity contribution in [3.63, 3.8) is 0 Å². The van der Waals surface area contributed by atoms with Crippen molar-refractivity contribution >= 4 is 28.8 Å². The van der Waals surface area contributed by atoms with Gasteiger partial charge in [0, 0.05) is 12.2 Å². The molecule has 0 aliphatic carbocycles. The number of unbranched alkanes of at least 4 members (excludes halogenated alkanes) is 1. The Labute approximate surface area is 130 Å². The summed E-state index contributed by atoms with van der Waals surface area (Å²) >= 11 is 4.94. The van der Waals surface area contributed by atoms with E-state index in [1.54, 1.807) is 18.2 Å². The summed E-state index contributed by atoms with van der Waals surface area (Å²) in [6, 6.07) is 7.13. The van der Waals surface area contributed by atoms with Crippen LogP contribution in [0.2, 0.25) is 0 Å². The highest BCUT2D eigenvalue weighted by Gasteiger charge is 2.08. The zero-order valence-corrected chi connectivity index (χ0v) is 13.1. The third-order valence-electron chi connectivity index (χ3n) is 2.71. The maximum absolute atomic E-state index is 11.8. The first kappa shape index (κ1) is 17.6. The van der Waals surface area contributed by atoms with E-state index in [0.29, 0.717) is 24.5 Å². The summed E-state index contributed by atoms with van der Waals surface area (Å²) in [7, 11) is 0. The first-order valence-electron chi connectivity index (χ1n) is 6.99. The molecule has 0 aromatic heterocycles. The molecule has 0 radical (unpaired) electrons. The van der Waals surface area contributed by atoms with E-state index in [1.807, 2.05) is 6.07 Å². The Morgan fingerprint density at radius 3 is 2.67 bits per heavy atom. The molecular weight excluding hydrogens is 288 g/mol. The normalized spacial score (nSPS) is 10.3. The van der Waals surface area contributed by atoms with E-state index in [1.165, 1.54) is 0 Å². The van der Waals surface area contributed by atoms with E-state index < -0.39 is 0 Å². The Balaban J connectivity index is 2.27. The summed E-state index contributed by atoms with van der Waals surface area (Å²) in [6.45, 7) is 3.70. The molecule has 0 saturated heterocycles. The molecule has 0 spiro atoms. The molecule has 6 heteroatoms. The van der Waals surface area contributed by atoms with Crippen LogP contribution in [-0.4, -0.2) is 37.3 Å². The van der Waals surface area contributed by atoms with Crippen molar-refractivity contribution in [1.82, 2.24) is 0 Å². The number of nitrogens with one attached hydrogen (secondary N) is 1. The maximum Gasteiger partial charge on any atom is 0.250 e. The zero-order chi connectivity index (χ0) is 15.5. The number of para-hydroxylation sites is 1. The molecule has 1 aromatic carbocycles. The number of benzene rings is 1. The molecule has 1 rings (SSSR count). The van der Waals surface area contributed by atoms with E-state index >= 15 is 0 Å². The SMILES string of the molecule is CCCCOCCOCC(=O)Nc1ccccc1C(N)=S. The zero-order valence-electron chi connectivity index (χ0n) is 12.3. The molecule has 3 N–H and O–H groups in total. The summed E-state index contributed by atoms with van der Waals surface area (Å²) in [4.78, 5) is 12.0. The predicted octanol–water partition coefficient (Wildman–Crippen LogP) is 2.09. The fraction of sp³-hybridized carbons (Fsp3) is 0.467. The number of amides is 1. The van der Waals surface area contributed by atoms with Gasteiger partial charge in [-0.05, 0) is 18.6 Å². The van der Waals surface area contributed by atoms with Crippen molar-refractivity contribution in [2.75, 3.05) is 31.7 Å². The highest BCUT2D eigenvalue weighted by Crippen LogP contribution is 2.14. The van der Waals surface area contributed by atoms with Crippen LogP contribution in [0.1, 0.15) is 25.3 Å². The summed E-state index contributed by atoms with van der Waals surface area (Å²) in [6.07, 6.45) is 2.14. The van der Waals surface area contributed by atoms with Gasteiger partial charge in [0.25, 0.3) is 0 Å². The van der Waals surface area contributed by atoms with Crippen LogP contribution in [0.25, 0.3) is 0 Å². The average Bonchev–Trinajstić information content (AvgIpc) is 2.46. The molecule has 5 nitrogen and oxygen atoms in total. The van der Waals surface area contributed by atoms with Crippen LogP contribution < -0.4 is 11.1 Å². The monoisotopic (exact) mass is 310 g/mol. The molecule has 0 heterocycles. The number of carbonyl (C=O) groups excluding carboxylic acids is 1. The lowest BCUT2D eigenvalue weighted by atomic mass is 10.2. The number of hydrogen-bond acceptors (Lipinski definition) is 4. The predicted molar refractivity (Wildman–Crippen MR) is 87.5 cm³/mol. The van der Waals surface area contributed by atoms with Gasteiger partial charge in [-0.1, -0.05) is 37.7 Å². The Morgan fingerprint density at radius 1 is 1.24 bits per heavy atom. The minimum absolute atomic E-state index is 0.0250. The topological polar surface area (TPSA) is 73.6 Å². The summed E-state index contributed by atoms with van der Waals surface area (Å²) in [5.74, 6) is -0.243. The van der Waals surface area contributed by atoms with Crippen LogP contribution in [0.5, 0.6) is 0 Å². The third kappa shape index (κ3) is 7.17. The molecule has 0 aliphatic rings. The van der Waals surface area contributed by atoms with Crippen LogP contribution in [-0.2, 0) is 14.3 Å². The number of hydrogen-bond donors (Lipinski definition) is 2. The molecule has 0 atom stereocenters. The molecule has 116 valence electrons. The van der Waals surface area contributed by atoms with Crippen molar-refractivity contribution in [2.45, 2.75) is 19.8 Å². The molecule has 21 heavy (non-hydrogen) atoms. The standard InChI is InChI=1S/C15H22N2O3S/c1-2-3-8-19-9-10-20-11-14(18)17-13-7-5-4-6-12(13)15(16)21/h4-7H,2-3,8-11H2,1H3,(H2,16,21)(H,17,18). The van der Waals surface area contributed by atoms with Crippen molar-refractivity contribution in [3.05, 3.63) is 29.8 Å². The number of rotatable bonds is 10. The van der Waals surface area contributed by atoms with Gasteiger partial charge in [-0.15, -0.1) is 0 Å². The largest absolute Gasteiger partial charge is 0.389 e. The van der Waals surface area contributed by atoms with Gasteiger partial charge in [0.15, 0.2) is 0 Å². The lowest BCUT2D eigenvalue weighted by Crippen LogP contribution is -2.22. The second kappa shape index (κ2) is 10.3. The fourth-order valence-electron chi connectivity index (χ4n) is 1.62. The van der Waals surface area contributed by atoms with Crippen LogP contribution in [0, 0.1) is 0 Å². The van der Waals surface area contributed by atoms with Crippen molar-refractivity contribution in [1.29, 1.82) is 0 Å². The van der Waals surface area contributed by atoms with Gasteiger partial charge in [0.1, 0.15) is 11.6 Å². The van der Waals surface area contributed by atoms with Gasteiger partial charge in [-0.25, -0.2) is 0 Å². The van der Waals surface area contributed by atoms with Crippen molar-refractivity contribution in [3.8, 4) is 0 Å². The number of thiocarbonyl (C=S) groups is 1. The lowest BCUT2D eigenvalue weighted by molar-refractivity contribution is -0.121. The van der Waals surface area contributed by atoms with Crippen LogP contribution in [0.15, 0.2) is 24.3 Å².